The average Bonchev–Trinajstić information content (AvgIpc) is 2.38. The van der Waals surface area contributed by atoms with E-state index in [-0.39, 0.29) is 76.5 Å². The Kier molecular flexibility index (Phi) is 21.3. The van der Waals surface area contributed by atoms with Crippen LogP contribution in [-0.2, 0) is 30.9 Å². The molecule has 0 spiro atoms. The molecule has 3 aromatic rings. The number of hydrogen-bond acceptors (Lipinski definition) is 3. The summed E-state index contributed by atoms with van der Waals surface area (Å²) in [6, 6.07) is 12.1. The van der Waals surface area contributed by atoms with Crippen molar-refractivity contribution >= 4 is 32.6 Å². The minimum Gasteiger partial charge on any atom is -1.00 e. The average molecular weight is 708 g/mol. The van der Waals surface area contributed by atoms with Crippen molar-refractivity contribution in [1.29, 1.82) is 0 Å². The fraction of sp³-hybridized carbons (Fsp3) is 0.143. The van der Waals surface area contributed by atoms with Crippen LogP contribution in [0, 0.1) is 0 Å². The molecule has 1 aromatic carbocycles. The predicted molar refractivity (Wildman–Crippen MR) is 80.6 cm³/mol. The Balaban J connectivity index is -0.000000184. The van der Waals surface area contributed by atoms with Gasteiger partial charge in [-0.05, 0) is 12.1 Å². The fourth-order valence-corrected chi connectivity index (χ4v) is 1.68. The van der Waals surface area contributed by atoms with Gasteiger partial charge in [0.25, 0.3) is 0 Å². The van der Waals surface area contributed by atoms with Crippen molar-refractivity contribution < 1.29 is 80.7 Å². The van der Waals surface area contributed by atoms with Gasteiger partial charge in [0.2, 0.25) is 0 Å². The molecule has 2 heterocycles. The first-order valence-electron chi connectivity index (χ1n) is 5.52. The smallest absolute Gasteiger partial charge is 1.00 e. The Hall–Kier alpha value is 0.239. The first-order valence-corrected chi connectivity index (χ1v) is 7.48. The van der Waals surface area contributed by atoms with Crippen molar-refractivity contribution in [2.75, 3.05) is 12.5 Å². The molecule has 0 aliphatic carbocycles. The standard InChI is InChI=1S/C12H8N2.C2H6OS.3BrH.Ir.H2O/c1-3-9-5-6-10-4-2-8-14-12(10)11(9)13-7-1;1-4(2)3;;;;;/h1-8H;1-2H3;3*1H;;1H2/q;;;;;+3;/p-3. The molecule has 0 radical (unpaired) electrons. The summed E-state index contributed by atoms with van der Waals surface area (Å²) in [6.45, 7) is 0. The molecular formula is C14H16Br3IrN2O2S. The van der Waals surface area contributed by atoms with Gasteiger partial charge in [-0.25, -0.2) is 0 Å². The molecule has 0 saturated carbocycles. The minimum atomic E-state index is -0.611. The molecule has 0 atom stereocenters. The summed E-state index contributed by atoms with van der Waals surface area (Å²) in [4.78, 5) is 8.69. The summed E-state index contributed by atoms with van der Waals surface area (Å²) in [5.41, 5.74) is 1.95. The Labute approximate surface area is 183 Å². The van der Waals surface area contributed by atoms with Crippen LogP contribution in [0.5, 0.6) is 0 Å². The number of rotatable bonds is 0. The summed E-state index contributed by atoms with van der Waals surface area (Å²) in [7, 11) is -0.611. The van der Waals surface area contributed by atoms with Crippen molar-refractivity contribution in [2.24, 2.45) is 0 Å². The van der Waals surface area contributed by atoms with Crippen LogP contribution in [0.25, 0.3) is 21.8 Å². The number of aromatic nitrogens is 2. The predicted octanol–water partition coefficient (Wildman–Crippen LogP) is -7.04. The second-order valence-corrected chi connectivity index (χ2v) is 5.44. The number of fused-ring (bicyclic) bond motifs is 3. The van der Waals surface area contributed by atoms with E-state index in [0.29, 0.717) is 0 Å². The molecule has 0 aliphatic rings. The van der Waals surface area contributed by atoms with Gasteiger partial charge in [0.1, 0.15) is 0 Å². The topological polar surface area (TPSA) is 74.3 Å². The zero-order valence-corrected chi connectivity index (χ0v) is 20.3. The van der Waals surface area contributed by atoms with Crippen LogP contribution >= 0.6 is 0 Å². The summed E-state index contributed by atoms with van der Waals surface area (Å²) >= 11 is 0. The van der Waals surface area contributed by atoms with Crippen molar-refractivity contribution in [3.63, 3.8) is 0 Å². The molecule has 3 rings (SSSR count). The third-order valence-electron chi connectivity index (χ3n) is 2.34. The molecule has 0 amide bonds. The third kappa shape index (κ3) is 9.33. The zero-order valence-electron chi connectivity index (χ0n) is 12.3. The second kappa shape index (κ2) is 15.7. The van der Waals surface area contributed by atoms with E-state index in [0.717, 1.165) is 21.8 Å². The van der Waals surface area contributed by atoms with Crippen molar-refractivity contribution in [1.82, 2.24) is 9.97 Å². The molecule has 4 nitrogen and oxygen atoms in total. The van der Waals surface area contributed by atoms with E-state index in [4.69, 9.17) is 0 Å². The molecule has 23 heavy (non-hydrogen) atoms. The number of halogens is 3. The molecule has 0 unspecified atom stereocenters. The quantitative estimate of drug-likeness (QED) is 0.218. The molecule has 0 saturated heterocycles. The largest absolute Gasteiger partial charge is 3.00 e. The van der Waals surface area contributed by atoms with Crippen molar-refractivity contribution in [3.8, 4) is 0 Å². The first-order chi connectivity index (χ1) is 8.68. The fourth-order valence-electron chi connectivity index (χ4n) is 1.68. The molecule has 130 valence electrons. The van der Waals surface area contributed by atoms with Gasteiger partial charge in [0.05, 0.1) is 11.0 Å². The number of hydrogen-bond donors (Lipinski definition) is 0. The normalized spacial score (nSPS) is 8.13. The van der Waals surface area contributed by atoms with Gasteiger partial charge in [-0.15, -0.1) is 0 Å². The molecule has 0 bridgehead atoms. The van der Waals surface area contributed by atoms with Crippen LogP contribution in [-0.4, -0.2) is 32.2 Å². The molecule has 2 aromatic heterocycles. The first kappa shape index (κ1) is 31.1. The van der Waals surface area contributed by atoms with Crippen LogP contribution in [0.3, 0.4) is 0 Å². The van der Waals surface area contributed by atoms with Gasteiger partial charge < -0.3 is 56.4 Å². The minimum absolute atomic E-state index is 0. The summed E-state index contributed by atoms with van der Waals surface area (Å²) in [5.74, 6) is 0. The molecule has 0 fully saturated rings. The Morgan fingerprint density at radius 3 is 1.39 bits per heavy atom. The molecule has 9 heteroatoms. The van der Waals surface area contributed by atoms with Crippen molar-refractivity contribution in [3.05, 3.63) is 48.8 Å². The van der Waals surface area contributed by atoms with Gasteiger partial charge in [-0.3, -0.25) is 14.2 Å². The van der Waals surface area contributed by atoms with Crippen LogP contribution in [0.1, 0.15) is 0 Å². The van der Waals surface area contributed by atoms with Gasteiger partial charge in [0.15, 0.2) is 0 Å². The van der Waals surface area contributed by atoms with E-state index in [1.54, 1.807) is 24.9 Å². The van der Waals surface area contributed by atoms with Crippen molar-refractivity contribution in [2.45, 2.75) is 0 Å². The maximum Gasteiger partial charge on any atom is 3.00 e. The maximum atomic E-state index is 9.56. The van der Waals surface area contributed by atoms with E-state index < -0.39 is 10.8 Å². The maximum absolute atomic E-state index is 9.56. The van der Waals surface area contributed by atoms with E-state index >= 15 is 0 Å². The van der Waals surface area contributed by atoms with Gasteiger partial charge in [0, 0.05) is 46.5 Å². The second-order valence-electron chi connectivity index (χ2n) is 3.96. The van der Waals surface area contributed by atoms with E-state index in [9.17, 15) is 4.21 Å². The summed E-state index contributed by atoms with van der Waals surface area (Å²) in [6.07, 6.45) is 6.88. The van der Waals surface area contributed by atoms with Crippen LogP contribution in [0.2, 0.25) is 0 Å². The van der Waals surface area contributed by atoms with Gasteiger partial charge in [-0.2, -0.15) is 0 Å². The number of nitrogens with zero attached hydrogens (tertiary/aromatic N) is 2. The zero-order chi connectivity index (χ0) is 13.0. The van der Waals surface area contributed by atoms with E-state index in [1.165, 1.54) is 0 Å². The Morgan fingerprint density at radius 2 is 1.09 bits per heavy atom. The van der Waals surface area contributed by atoms with Crippen LogP contribution in [0.15, 0.2) is 48.8 Å². The SMILES string of the molecule is CS(C)=O.O.[Br-].[Br-].[Br-].[Ir+3].c1cnc2c(c1)ccc1cccnc12. The summed E-state index contributed by atoms with van der Waals surface area (Å²) < 4.78 is 9.56. The van der Waals surface area contributed by atoms with E-state index in [2.05, 4.69) is 34.2 Å². The van der Waals surface area contributed by atoms with Crippen LogP contribution < -0.4 is 50.9 Å². The van der Waals surface area contributed by atoms with Gasteiger partial charge in [-0.1, -0.05) is 24.3 Å². The van der Waals surface area contributed by atoms with E-state index in [1.807, 2.05) is 12.1 Å². The Morgan fingerprint density at radius 1 is 0.783 bits per heavy atom. The monoisotopic (exact) mass is 706 g/mol. The Bertz CT molecular complexity index is 661. The van der Waals surface area contributed by atoms with Gasteiger partial charge >= 0.3 is 20.1 Å². The number of pyridine rings is 2. The number of benzene rings is 1. The summed E-state index contributed by atoms with van der Waals surface area (Å²) in [5, 5.41) is 2.28. The van der Waals surface area contributed by atoms with Crippen LogP contribution in [0.4, 0.5) is 0 Å². The molecule has 2 N–H and O–H groups in total. The molecule has 0 aliphatic heterocycles. The molecular weight excluding hydrogens is 692 g/mol. The third-order valence-corrected chi connectivity index (χ3v) is 2.34.